The Hall–Kier alpha value is -3.41. The van der Waals surface area contributed by atoms with Gasteiger partial charge in [0.2, 0.25) is 17.7 Å². The number of nitrogens with zero attached hydrogens (tertiary/aromatic N) is 2. The number of amides is 3. The highest BCUT2D eigenvalue weighted by molar-refractivity contribution is 6.35. The number of carbonyl (C=O) groups excluding carboxylic acids is 3. The number of hydrogen-bond donors (Lipinski definition) is 1. The van der Waals surface area contributed by atoms with Crippen LogP contribution in [0.25, 0.3) is 0 Å². The fraction of sp³-hybridized carbons (Fsp3) is 0.370. The number of benzene rings is 2. The van der Waals surface area contributed by atoms with Gasteiger partial charge in [-0.1, -0.05) is 41.3 Å². The van der Waals surface area contributed by atoms with E-state index in [0.29, 0.717) is 40.9 Å². The van der Waals surface area contributed by atoms with Gasteiger partial charge in [-0.15, -0.1) is 6.42 Å². The smallest absolute Gasteiger partial charge is 0.246 e. The third-order valence-electron chi connectivity index (χ3n) is 6.11. The Kier molecular flexibility index (Phi) is 10.1. The van der Waals surface area contributed by atoms with Crippen LogP contribution in [0, 0.1) is 12.3 Å². The number of carbonyl (C=O) groups is 3. The summed E-state index contributed by atoms with van der Waals surface area (Å²) in [6.07, 6.45) is 6.24. The molecule has 196 valence electrons. The summed E-state index contributed by atoms with van der Waals surface area (Å²) in [4.78, 5) is 41.6. The molecule has 1 saturated heterocycles. The molecule has 3 rings (SSSR count). The topological polar surface area (TPSA) is 88.2 Å². The van der Waals surface area contributed by atoms with Crippen molar-refractivity contribution in [3.8, 4) is 23.8 Å². The van der Waals surface area contributed by atoms with Crippen molar-refractivity contribution in [1.29, 1.82) is 0 Å². The number of terminal acetylenes is 1. The molecule has 1 aliphatic heterocycles. The predicted octanol–water partition coefficient (Wildman–Crippen LogP) is 2.97. The highest BCUT2D eigenvalue weighted by atomic mass is 35.5. The predicted molar refractivity (Wildman–Crippen MR) is 142 cm³/mol. The molecule has 1 N–H and O–H groups in total. The van der Waals surface area contributed by atoms with Crippen molar-refractivity contribution >= 4 is 40.9 Å². The van der Waals surface area contributed by atoms with Crippen LogP contribution in [0.5, 0.6) is 11.5 Å². The molecule has 1 atom stereocenters. The van der Waals surface area contributed by atoms with Gasteiger partial charge in [-0.3, -0.25) is 14.4 Å². The van der Waals surface area contributed by atoms with Gasteiger partial charge < -0.3 is 24.6 Å². The summed E-state index contributed by atoms with van der Waals surface area (Å²) < 4.78 is 10.6. The van der Waals surface area contributed by atoms with Crippen molar-refractivity contribution in [3.63, 3.8) is 0 Å². The van der Waals surface area contributed by atoms with Crippen molar-refractivity contribution in [1.82, 2.24) is 15.1 Å². The van der Waals surface area contributed by atoms with E-state index in [1.54, 1.807) is 38.5 Å². The van der Waals surface area contributed by atoms with E-state index in [2.05, 4.69) is 11.2 Å². The molecule has 1 heterocycles. The highest BCUT2D eigenvalue weighted by Crippen LogP contribution is 2.27. The van der Waals surface area contributed by atoms with Crippen LogP contribution in [0.4, 0.5) is 0 Å². The van der Waals surface area contributed by atoms with Crippen LogP contribution in [0.15, 0.2) is 36.4 Å². The van der Waals surface area contributed by atoms with E-state index in [1.165, 1.54) is 9.80 Å². The molecule has 0 spiro atoms. The zero-order valence-corrected chi connectivity index (χ0v) is 22.3. The number of nitrogens with one attached hydrogen (secondary N) is 1. The summed E-state index contributed by atoms with van der Waals surface area (Å²) in [5.41, 5.74) is 1.75. The normalized spacial score (nSPS) is 15.4. The summed E-state index contributed by atoms with van der Waals surface area (Å²) in [5.74, 6) is 2.65. The lowest BCUT2D eigenvalue weighted by Crippen LogP contribution is -2.61. The fourth-order valence-corrected chi connectivity index (χ4v) is 4.65. The lowest BCUT2D eigenvalue weighted by molar-refractivity contribution is -0.156. The van der Waals surface area contributed by atoms with E-state index in [0.717, 1.165) is 11.1 Å². The van der Waals surface area contributed by atoms with Crippen molar-refractivity contribution in [2.24, 2.45) is 0 Å². The molecule has 0 saturated carbocycles. The average Bonchev–Trinajstić information content (AvgIpc) is 2.88. The van der Waals surface area contributed by atoms with E-state index in [4.69, 9.17) is 39.1 Å². The molecule has 1 unspecified atom stereocenters. The van der Waals surface area contributed by atoms with Crippen LogP contribution < -0.4 is 14.8 Å². The van der Waals surface area contributed by atoms with Crippen molar-refractivity contribution in [2.75, 3.05) is 40.4 Å². The Morgan fingerprint density at radius 2 is 1.86 bits per heavy atom. The summed E-state index contributed by atoms with van der Waals surface area (Å²) in [7, 11) is 3.12. The Balaban J connectivity index is 1.61. The standard InChI is InChI=1S/C27H29Cl2N3O5/c1-4-12-32-22(16-25(33)30-11-9-18-5-8-23(36-2)24(14-18)37-3)27(35)31(17-26(32)34)13-10-19-6-7-20(28)15-21(19)29/h1,5-8,14-15,22H,9-13,16-17H2,2-3H3,(H,30,33). The zero-order valence-electron chi connectivity index (χ0n) is 20.8. The van der Waals surface area contributed by atoms with Crippen LogP contribution >= 0.6 is 23.2 Å². The second-order valence-electron chi connectivity index (χ2n) is 8.48. The van der Waals surface area contributed by atoms with Gasteiger partial charge in [-0.05, 0) is 48.2 Å². The van der Waals surface area contributed by atoms with Crippen molar-refractivity contribution in [3.05, 3.63) is 57.6 Å². The number of methoxy groups -OCH3 is 2. The molecule has 2 aromatic rings. The monoisotopic (exact) mass is 545 g/mol. The van der Waals surface area contributed by atoms with Gasteiger partial charge in [-0.2, -0.15) is 0 Å². The quantitative estimate of drug-likeness (QED) is 0.438. The first-order chi connectivity index (χ1) is 17.8. The molecule has 0 aliphatic carbocycles. The molecular weight excluding hydrogens is 517 g/mol. The second-order valence-corrected chi connectivity index (χ2v) is 9.32. The lowest BCUT2D eigenvalue weighted by atomic mass is 10.0. The molecule has 0 bridgehead atoms. The Morgan fingerprint density at radius 1 is 1.11 bits per heavy atom. The van der Waals surface area contributed by atoms with Gasteiger partial charge in [0, 0.05) is 23.1 Å². The summed E-state index contributed by atoms with van der Waals surface area (Å²) in [6, 6.07) is 9.69. The summed E-state index contributed by atoms with van der Waals surface area (Å²) in [6.45, 7) is 0.457. The van der Waals surface area contributed by atoms with Gasteiger partial charge in [0.15, 0.2) is 11.5 Å². The molecule has 0 radical (unpaired) electrons. The molecular formula is C27H29Cl2N3O5. The molecule has 2 aromatic carbocycles. The third-order valence-corrected chi connectivity index (χ3v) is 6.70. The maximum Gasteiger partial charge on any atom is 0.246 e. The maximum absolute atomic E-state index is 13.3. The minimum absolute atomic E-state index is 0.0506. The number of hydrogen-bond acceptors (Lipinski definition) is 5. The number of ether oxygens (including phenoxy) is 2. The number of halogens is 2. The minimum atomic E-state index is -0.973. The van der Waals surface area contributed by atoms with E-state index < -0.39 is 6.04 Å². The van der Waals surface area contributed by atoms with Gasteiger partial charge in [0.05, 0.1) is 33.7 Å². The third kappa shape index (κ3) is 7.31. The highest BCUT2D eigenvalue weighted by Gasteiger charge is 2.39. The van der Waals surface area contributed by atoms with Gasteiger partial charge in [-0.25, -0.2) is 0 Å². The number of rotatable bonds is 11. The SMILES string of the molecule is C#CCN1C(=O)CN(CCc2ccc(Cl)cc2Cl)C(=O)C1CC(=O)NCCc1ccc(OC)c(OC)c1. The van der Waals surface area contributed by atoms with Gasteiger partial charge in [0.1, 0.15) is 6.04 Å². The van der Waals surface area contributed by atoms with Gasteiger partial charge in [0.25, 0.3) is 0 Å². The van der Waals surface area contributed by atoms with Crippen molar-refractivity contribution < 1.29 is 23.9 Å². The minimum Gasteiger partial charge on any atom is -0.493 e. The van der Waals surface area contributed by atoms with Crippen LogP contribution in [-0.2, 0) is 27.2 Å². The lowest BCUT2D eigenvalue weighted by Gasteiger charge is -2.39. The van der Waals surface area contributed by atoms with E-state index in [9.17, 15) is 14.4 Å². The molecule has 1 fully saturated rings. The Labute approximate surface area is 226 Å². The first kappa shape index (κ1) is 28.2. The zero-order chi connectivity index (χ0) is 26.9. The number of piperazine rings is 1. The Morgan fingerprint density at radius 3 is 2.54 bits per heavy atom. The van der Waals surface area contributed by atoms with E-state index in [1.807, 2.05) is 12.1 Å². The molecule has 10 heteroatoms. The van der Waals surface area contributed by atoms with E-state index in [-0.39, 0.29) is 43.8 Å². The maximum atomic E-state index is 13.3. The van der Waals surface area contributed by atoms with Crippen molar-refractivity contribution in [2.45, 2.75) is 25.3 Å². The largest absolute Gasteiger partial charge is 0.493 e. The molecule has 37 heavy (non-hydrogen) atoms. The van der Waals surface area contributed by atoms with Gasteiger partial charge >= 0.3 is 0 Å². The second kappa shape index (κ2) is 13.2. The molecule has 3 amide bonds. The summed E-state index contributed by atoms with van der Waals surface area (Å²) in [5, 5.41) is 3.83. The average molecular weight is 546 g/mol. The fourth-order valence-electron chi connectivity index (χ4n) is 4.14. The van der Waals surface area contributed by atoms with Crippen LogP contribution in [0.1, 0.15) is 17.5 Å². The van der Waals surface area contributed by atoms with Crippen LogP contribution in [0.3, 0.4) is 0 Å². The molecule has 0 aromatic heterocycles. The van der Waals surface area contributed by atoms with E-state index >= 15 is 0 Å². The molecule has 8 nitrogen and oxygen atoms in total. The van der Waals surface area contributed by atoms with Crippen LogP contribution in [0.2, 0.25) is 10.0 Å². The Bertz CT molecular complexity index is 1200. The summed E-state index contributed by atoms with van der Waals surface area (Å²) >= 11 is 12.2. The first-order valence-electron chi connectivity index (χ1n) is 11.7. The first-order valence-corrected chi connectivity index (χ1v) is 12.5. The van der Waals surface area contributed by atoms with Crippen LogP contribution in [-0.4, -0.2) is 74.0 Å². The molecule has 1 aliphatic rings.